The molecule has 20 heavy (non-hydrogen) atoms. The van der Waals surface area contributed by atoms with E-state index >= 15 is 0 Å². The van der Waals surface area contributed by atoms with Crippen LogP contribution in [0.25, 0.3) is 0 Å². The predicted molar refractivity (Wildman–Crippen MR) is 81.1 cm³/mol. The molecule has 4 heteroatoms. The summed E-state index contributed by atoms with van der Waals surface area (Å²) in [5.74, 6) is 0. The van der Waals surface area contributed by atoms with Crippen LogP contribution >= 0.6 is 11.6 Å². The Morgan fingerprint density at radius 3 is 2.95 bits per heavy atom. The molecule has 1 heterocycles. The Morgan fingerprint density at radius 2 is 2.15 bits per heavy atom. The topological polar surface area (TPSA) is 48.0 Å². The zero-order chi connectivity index (χ0) is 14.1. The first-order valence-corrected chi connectivity index (χ1v) is 7.25. The SMILES string of the molecule is NC1CCCc2c1ccc(=O)n2Cc1cccc(Cl)c1. The van der Waals surface area contributed by atoms with Gasteiger partial charge in [-0.2, -0.15) is 0 Å². The van der Waals surface area contributed by atoms with Crippen LogP contribution in [0.2, 0.25) is 5.02 Å². The standard InChI is InChI=1S/C16H17ClN2O/c17-12-4-1-3-11(9-12)10-19-15-6-2-5-14(18)13(15)7-8-16(19)20/h1,3-4,7-9,14H,2,5-6,10,18H2. The summed E-state index contributed by atoms with van der Waals surface area (Å²) in [4.78, 5) is 12.2. The minimum Gasteiger partial charge on any atom is -0.324 e. The lowest BCUT2D eigenvalue weighted by atomic mass is 9.91. The van der Waals surface area contributed by atoms with E-state index in [0.29, 0.717) is 11.6 Å². The van der Waals surface area contributed by atoms with Crippen molar-refractivity contribution in [2.45, 2.75) is 31.8 Å². The molecule has 0 bridgehead atoms. The van der Waals surface area contributed by atoms with Crippen molar-refractivity contribution in [1.82, 2.24) is 4.57 Å². The predicted octanol–water partition coefficient (Wildman–Crippen LogP) is 2.89. The summed E-state index contributed by atoms with van der Waals surface area (Å²) in [6.07, 6.45) is 2.94. The molecule has 0 aliphatic heterocycles. The molecule has 1 unspecified atom stereocenters. The van der Waals surface area contributed by atoms with Gasteiger partial charge in [0.25, 0.3) is 5.56 Å². The fourth-order valence-corrected chi connectivity index (χ4v) is 3.10. The lowest BCUT2D eigenvalue weighted by Crippen LogP contribution is -2.29. The highest BCUT2D eigenvalue weighted by atomic mass is 35.5. The number of nitrogens with zero attached hydrogens (tertiary/aromatic N) is 1. The second-order valence-electron chi connectivity index (χ2n) is 5.29. The molecule has 0 radical (unpaired) electrons. The Balaban J connectivity index is 2.05. The number of hydrogen-bond donors (Lipinski definition) is 1. The molecule has 1 aliphatic rings. The summed E-state index contributed by atoms with van der Waals surface area (Å²) < 4.78 is 1.83. The fourth-order valence-electron chi connectivity index (χ4n) is 2.89. The molecule has 1 atom stereocenters. The average molecular weight is 289 g/mol. The van der Waals surface area contributed by atoms with Crippen molar-refractivity contribution in [3.8, 4) is 0 Å². The van der Waals surface area contributed by atoms with Crippen LogP contribution < -0.4 is 11.3 Å². The Morgan fingerprint density at radius 1 is 1.30 bits per heavy atom. The molecule has 1 aromatic carbocycles. The minimum atomic E-state index is 0.0258. The van der Waals surface area contributed by atoms with Gasteiger partial charge in [0.05, 0.1) is 6.54 Å². The van der Waals surface area contributed by atoms with Gasteiger partial charge in [0.1, 0.15) is 0 Å². The number of nitrogens with two attached hydrogens (primary N) is 1. The number of aromatic nitrogens is 1. The normalized spacial score (nSPS) is 17.8. The van der Waals surface area contributed by atoms with Crippen LogP contribution in [-0.2, 0) is 13.0 Å². The number of pyridine rings is 1. The highest BCUT2D eigenvalue weighted by Crippen LogP contribution is 2.27. The Bertz CT molecular complexity index is 693. The molecule has 3 nitrogen and oxygen atoms in total. The van der Waals surface area contributed by atoms with Crippen molar-refractivity contribution in [3.05, 3.63) is 68.6 Å². The van der Waals surface area contributed by atoms with Gasteiger partial charge < -0.3 is 10.3 Å². The minimum absolute atomic E-state index is 0.0258. The summed E-state index contributed by atoms with van der Waals surface area (Å²) in [7, 11) is 0. The smallest absolute Gasteiger partial charge is 0.251 e. The molecule has 1 aliphatic carbocycles. The van der Waals surface area contributed by atoms with Crippen LogP contribution in [-0.4, -0.2) is 4.57 Å². The van der Waals surface area contributed by atoms with Gasteiger partial charge in [0.2, 0.25) is 0 Å². The van der Waals surface area contributed by atoms with Crippen LogP contribution in [0.5, 0.6) is 0 Å². The Labute approximate surface area is 123 Å². The first-order chi connectivity index (χ1) is 9.65. The van der Waals surface area contributed by atoms with Crippen LogP contribution in [0.15, 0.2) is 41.2 Å². The van der Waals surface area contributed by atoms with E-state index in [9.17, 15) is 4.79 Å². The van der Waals surface area contributed by atoms with E-state index in [4.69, 9.17) is 17.3 Å². The molecule has 0 saturated heterocycles. The van der Waals surface area contributed by atoms with Crippen molar-refractivity contribution in [2.24, 2.45) is 5.73 Å². The first-order valence-electron chi connectivity index (χ1n) is 6.88. The molecular formula is C16H17ClN2O. The summed E-state index contributed by atoms with van der Waals surface area (Å²) in [5, 5.41) is 0.692. The number of benzene rings is 1. The molecule has 0 fully saturated rings. The molecule has 0 saturated carbocycles. The Hall–Kier alpha value is -1.58. The molecule has 0 spiro atoms. The van der Waals surface area contributed by atoms with Crippen molar-refractivity contribution >= 4 is 11.6 Å². The molecule has 104 valence electrons. The van der Waals surface area contributed by atoms with Gasteiger partial charge in [-0.3, -0.25) is 4.79 Å². The number of halogens is 1. The maximum absolute atomic E-state index is 12.2. The van der Waals surface area contributed by atoms with Crippen molar-refractivity contribution in [2.75, 3.05) is 0 Å². The summed E-state index contributed by atoms with van der Waals surface area (Å²) in [6.45, 7) is 0.551. The van der Waals surface area contributed by atoms with E-state index in [0.717, 1.165) is 36.1 Å². The maximum atomic E-state index is 12.2. The maximum Gasteiger partial charge on any atom is 0.251 e. The lowest BCUT2D eigenvalue weighted by Gasteiger charge is -2.25. The third kappa shape index (κ3) is 2.51. The summed E-state index contributed by atoms with van der Waals surface area (Å²) >= 11 is 6.01. The van der Waals surface area contributed by atoms with Crippen LogP contribution in [0.4, 0.5) is 0 Å². The fraction of sp³-hybridized carbons (Fsp3) is 0.312. The first kappa shape index (κ1) is 13.4. The average Bonchev–Trinajstić information content (AvgIpc) is 2.42. The van der Waals surface area contributed by atoms with Gasteiger partial charge in [0.15, 0.2) is 0 Å². The largest absolute Gasteiger partial charge is 0.324 e. The monoisotopic (exact) mass is 288 g/mol. The van der Waals surface area contributed by atoms with Gasteiger partial charge in [-0.05, 0) is 42.5 Å². The van der Waals surface area contributed by atoms with Crippen molar-refractivity contribution in [1.29, 1.82) is 0 Å². The quantitative estimate of drug-likeness (QED) is 0.924. The van der Waals surface area contributed by atoms with Crippen molar-refractivity contribution < 1.29 is 0 Å². The van der Waals surface area contributed by atoms with E-state index in [1.165, 1.54) is 0 Å². The van der Waals surface area contributed by atoms with Crippen LogP contribution in [0.3, 0.4) is 0 Å². The molecular weight excluding hydrogens is 272 g/mol. The van der Waals surface area contributed by atoms with E-state index in [-0.39, 0.29) is 11.6 Å². The molecule has 2 N–H and O–H groups in total. The third-order valence-electron chi connectivity index (χ3n) is 3.89. The molecule has 2 aromatic rings. The molecule has 3 rings (SSSR count). The van der Waals surface area contributed by atoms with Crippen LogP contribution in [0.1, 0.15) is 35.7 Å². The van der Waals surface area contributed by atoms with E-state index in [1.807, 2.05) is 34.9 Å². The van der Waals surface area contributed by atoms with E-state index in [1.54, 1.807) is 6.07 Å². The molecule has 0 amide bonds. The second-order valence-corrected chi connectivity index (χ2v) is 5.72. The van der Waals surface area contributed by atoms with Crippen LogP contribution in [0, 0.1) is 0 Å². The van der Waals surface area contributed by atoms with Gasteiger partial charge in [-0.25, -0.2) is 0 Å². The summed E-state index contributed by atoms with van der Waals surface area (Å²) in [6, 6.07) is 11.2. The lowest BCUT2D eigenvalue weighted by molar-refractivity contribution is 0.529. The van der Waals surface area contributed by atoms with E-state index in [2.05, 4.69) is 0 Å². The number of hydrogen-bond acceptors (Lipinski definition) is 2. The number of rotatable bonds is 2. The highest BCUT2D eigenvalue weighted by Gasteiger charge is 2.20. The van der Waals surface area contributed by atoms with E-state index < -0.39 is 0 Å². The van der Waals surface area contributed by atoms with Gasteiger partial charge in [-0.15, -0.1) is 0 Å². The third-order valence-corrected chi connectivity index (χ3v) is 4.12. The second kappa shape index (κ2) is 5.43. The van der Waals surface area contributed by atoms with Crippen molar-refractivity contribution in [3.63, 3.8) is 0 Å². The number of fused-ring (bicyclic) bond motifs is 1. The summed E-state index contributed by atoms with van der Waals surface area (Å²) in [5.41, 5.74) is 9.40. The molecule has 1 aromatic heterocycles. The zero-order valence-corrected chi connectivity index (χ0v) is 11.9. The van der Waals surface area contributed by atoms with Gasteiger partial charge >= 0.3 is 0 Å². The van der Waals surface area contributed by atoms with Gasteiger partial charge in [-0.1, -0.05) is 29.8 Å². The Kier molecular flexibility index (Phi) is 3.64. The van der Waals surface area contributed by atoms with Gasteiger partial charge in [0, 0.05) is 22.8 Å². The highest BCUT2D eigenvalue weighted by molar-refractivity contribution is 6.30. The zero-order valence-electron chi connectivity index (χ0n) is 11.2.